The third kappa shape index (κ3) is 6.56. The molecule has 0 saturated carbocycles. The van der Waals surface area contributed by atoms with Gasteiger partial charge in [0.1, 0.15) is 11.6 Å². The van der Waals surface area contributed by atoms with Gasteiger partial charge in [0.05, 0.1) is 22.3 Å². The third-order valence-corrected chi connectivity index (χ3v) is 6.81. The number of carbonyl (C=O) groups excluding carboxylic acids is 1. The van der Waals surface area contributed by atoms with Crippen LogP contribution < -0.4 is 5.32 Å². The fourth-order valence-corrected chi connectivity index (χ4v) is 4.63. The average Bonchev–Trinajstić information content (AvgIpc) is 2.95. The van der Waals surface area contributed by atoms with E-state index in [1.807, 2.05) is 0 Å². The van der Waals surface area contributed by atoms with Crippen LogP contribution in [0, 0.1) is 0 Å². The second kappa shape index (κ2) is 11.3. The number of rotatable bonds is 7. The molecule has 0 bridgehead atoms. The van der Waals surface area contributed by atoms with Gasteiger partial charge in [-0.2, -0.15) is 26.3 Å². The van der Waals surface area contributed by atoms with Crippen molar-refractivity contribution in [1.29, 1.82) is 0 Å². The number of nitrogens with zero attached hydrogens (tertiary/aromatic N) is 5. The Morgan fingerprint density at radius 2 is 1.61 bits per heavy atom. The minimum absolute atomic E-state index is 0.209. The number of carbonyl (C=O) groups is 1. The van der Waals surface area contributed by atoms with Crippen LogP contribution >= 0.6 is 0 Å². The number of halogens is 6. The molecule has 4 aromatic rings. The summed E-state index contributed by atoms with van der Waals surface area (Å²) < 4.78 is 80.1. The molecule has 0 atom stereocenters. The maximum Gasteiger partial charge on any atom is 0.418 e. The Balaban J connectivity index is 1.50. The summed E-state index contributed by atoms with van der Waals surface area (Å²) in [6.07, 6.45) is -6.60. The van der Waals surface area contributed by atoms with Crippen molar-refractivity contribution < 1.29 is 31.1 Å². The Hall–Kier alpha value is -4.26. The van der Waals surface area contributed by atoms with Crippen molar-refractivity contribution in [2.75, 3.05) is 38.0 Å². The summed E-state index contributed by atoms with van der Waals surface area (Å²) in [7, 11) is 0. The van der Waals surface area contributed by atoms with Crippen LogP contribution in [0.1, 0.15) is 17.0 Å². The summed E-state index contributed by atoms with van der Waals surface area (Å²) in [5.41, 5.74) is -1.01. The van der Waals surface area contributed by atoms with Crippen molar-refractivity contribution in [3.63, 3.8) is 0 Å². The first-order valence-electron chi connectivity index (χ1n) is 12.7. The highest BCUT2D eigenvalue weighted by atomic mass is 19.4. The molecule has 0 unspecified atom stereocenters. The molecule has 1 saturated heterocycles. The van der Waals surface area contributed by atoms with E-state index < -0.39 is 23.5 Å². The highest BCUT2D eigenvalue weighted by molar-refractivity contribution is 5.93. The number of anilines is 2. The minimum Gasteiger partial charge on any atom is -0.343 e. The van der Waals surface area contributed by atoms with Crippen LogP contribution in [0.25, 0.3) is 22.2 Å². The average molecular weight is 575 g/mol. The number of fused-ring (bicyclic) bond motifs is 1. The predicted molar refractivity (Wildman–Crippen MR) is 140 cm³/mol. The van der Waals surface area contributed by atoms with E-state index in [0.29, 0.717) is 67.4 Å². The zero-order valence-electron chi connectivity index (χ0n) is 21.5. The third-order valence-electron chi connectivity index (χ3n) is 6.81. The van der Waals surface area contributed by atoms with Crippen LogP contribution in [-0.4, -0.2) is 63.9 Å². The lowest BCUT2D eigenvalue weighted by Gasteiger charge is -2.32. The summed E-state index contributed by atoms with van der Waals surface area (Å²) in [6.45, 7) is 3.12. The van der Waals surface area contributed by atoms with Crippen molar-refractivity contribution in [3.8, 4) is 11.3 Å². The lowest BCUT2D eigenvalue weighted by Crippen LogP contribution is -2.46. The van der Waals surface area contributed by atoms with Gasteiger partial charge in [-0.15, -0.1) is 0 Å². The molecule has 1 aliphatic rings. The largest absolute Gasteiger partial charge is 0.418 e. The molecule has 0 radical (unpaired) electrons. The van der Waals surface area contributed by atoms with Gasteiger partial charge in [-0.1, -0.05) is 6.07 Å². The molecule has 2 aromatic carbocycles. The first-order valence-corrected chi connectivity index (χ1v) is 12.7. The van der Waals surface area contributed by atoms with E-state index >= 15 is 0 Å². The summed E-state index contributed by atoms with van der Waals surface area (Å²) in [5, 5.41) is 3.51. The molecule has 2 aromatic heterocycles. The van der Waals surface area contributed by atoms with Crippen molar-refractivity contribution in [3.05, 3.63) is 77.7 Å². The number of pyridine rings is 1. The van der Waals surface area contributed by atoms with E-state index in [1.165, 1.54) is 36.5 Å². The zero-order valence-corrected chi connectivity index (χ0v) is 21.5. The number of hydrogen-bond donors (Lipinski definition) is 1. The highest BCUT2D eigenvalue weighted by Gasteiger charge is 2.34. The Labute approximate surface area is 230 Å². The van der Waals surface area contributed by atoms with Crippen molar-refractivity contribution in [1.82, 2.24) is 24.8 Å². The number of benzene rings is 2. The molecule has 7 nitrogen and oxygen atoms in total. The molecule has 214 valence electrons. The molecule has 1 aliphatic heterocycles. The molecule has 1 amide bonds. The van der Waals surface area contributed by atoms with Crippen molar-refractivity contribution >= 4 is 28.8 Å². The smallest absolute Gasteiger partial charge is 0.343 e. The number of nitrogens with one attached hydrogen (secondary N) is 1. The second-order valence-corrected chi connectivity index (χ2v) is 9.55. The molecular weight excluding hydrogens is 550 g/mol. The molecule has 1 N–H and O–H groups in total. The number of amides is 1. The van der Waals surface area contributed by atoms with Gasteiger partial charge >= 0.3 is 12.4 Å². The van der Waals surface area contributed by atoms with Gasteiger partial charge in [-0.3, -0.25) is 14.7 Å². The maximum absolute atomic E-state index is 13.7. The monoisotopic (exact) mass is 574 g/mol. The normalized spacial score (nSPS) is 14.8. The lowest BCUT2D eigenvalue weighted by atomic mass is 10.0. The Kier molecular flexibility index (Phi) is 7.80. The summed E-state index contributed by atoms with van der Waals surface area (Å²) >= 11 is 0. The Morgan fingerprint density at radius 1 is 0.878 bits per heavy atom. The van der Waals surface area contributed by atoms with Gasteiger partial charge in [0.2, 0.25) is 6.41 Å². The van der Waals surface area contributed by atoms with Crippen molar-refractivity contribution in [2.24, 2.45) is 0 Å². The van der Waals surface area contributed by atoms with E-state index in [2.05, 4.69) is 25.2 Å². The molecule has 13 heteroatoms. The van der Waals surface area contributed by atoms with E-state index in [-0.39, 0.29) is 11.3 Å². The molecular formula is C28H24F6N6O. The van der Waals surface area contributed by atoms with Gasteiger partial charge in [-0.25, -0.2) is 9.97 Å². The maximum atomic E-state index is 13.7. The van der Waals surface area contributed by atoms with Crippen LogP contribution in [0.3, 0.4) is 0 Å². The number of hydrogen-bond acceptors (Lipinski definition) is 6. The van der Waals surface area contributed by atoms with Gasteiger partial charge in [0.15, 0.2) is 0 Å². The topological polar surface area (TPSA) is 74.2 Å². The first kappa shape index (κ1) is 28.3. The van der Waals surface area contributed by atoms with Crippen LogP contribution in [0.4, 0.5) is 37.8 Å². The SMILES string of the molecule is O=CN1CCN(CCc2nc(Nc3ccc(C(F)(F)F)cc3)c3ccc(-c4ncccc4C(F)(F)F)cc3n2)CC1. The summed E-state index contributed by atoms with van der Waals surface area (Å²) in [6, 6.07) is 11.2. The van der Waals surface area contributed by atoms with Crippen LogP contribution in [0.5, 0.6) is 0 Å². The minimum atomic E-state index is -4.61. The van der Waals surface area contributed by atoms with E-state index in [9.17, 15) is 31.1 Å². The van der Waals surface area contributed by atoms with Gasteiger partial charge in [-0.05, 0) is 48.5 Å². The van der Waals surface area contributed by atoms with E-state index in [4.69, 9.17) is 0 Å². The fourth-order valence-electron chi connectivity index (χ4n) is 4.63. The van der Waals surface area contributed by atoms with Gasteiger partial charge < -0.3 is 10.2 Å². The number of alkyl halides is 6. The van der Waals surface area contributed by atoms with E-state index in [1.54, 1.807) is 11.0 Å². The van der Waals surface area contributed by atoms with Gasteiger partial charge in [0.25, 0.3) is 0 Å². The standard InChI is InChI=1S/C28H24F6N6O/c29-27(30,31)19-4-6-20(7-5-19)36-26-21-8-3-18(25-22(28(32,33)34)2-1-10-35-25)16-23(21)37-24(38-26)9-11-39-12-14-40(17-41)15-13-39/h1-8,10,16-17H,9,11-15H2,(H,36,37,38). The molecule has 5 rings (SSSR count). The number of aromatic nitrogens is 3. The quantitative estimate of drug-likeness (QED) is 0.223. The van der Waals surface area contributed by atoms with Gasteiger partial charge in [0, 0.05) is 62.0 Å². The van der Waals surface area contributed by atoms with Crippen LogP contribution in [-0.2, 0) is 23.6 Å². The summed E-state index contributed by atoms with van der Waals surface area (Å²) in [5.74, 6) is 0.707. The first-order chi connectivity index (χ1) is 19.5. The lowest BCUT2D eigenvalue weighted by molar-refractivity contribution is -0.138. The zero-order chi connectivity index (χ0) is 29.2. The van der Waals surface area contributed by atoms with Crippen molar-refractivity contribution in [2.45, 2.75) is 18.8 Å². The highest BCUT2D eigenvalue weighted by Crippen LogP contribution is 2.37. The Bertz CT molecular complexity index is 1530. The summed E-state index contributed by atoms with van der Waals surface area (Å²) in [4.78, 5) is 28.0. The molecule has 0 aliphatic carbocycles. The van der Waals surface area contributed by atoms with E-state index in [0.717, 1.165) is 24.6 Å². The van der Waals surface area contributed by atoms with Crippen LogP contribution in [0.15, 0.2) is 60.8 Å². The molecule has 41 heavy (non-hydrogen) atoms. The number of piperazine rings is 1. The predicted octanol–water partition coefficient (Wildman–Crippen LogP) is 5.79. The Morgan fingerprint density at radius 3 is 2.27 bits per heavy atom. The second-order valence-electron chi connectivity index (χ2n) is 9.55. The fraction of sp³-hybridized carbons (Fsp3) is 0.286. The molecule has 3 heterocycles. The molecule has 1 fully saturated rings. The molecule has 0 spiro atoms. The van der Waals surface area contributed by atoms with Crippen LogP contribution in [0.2, 0.25) is 0 Å².